The normalized spacial score (nSPS) is 16.5. The maximum Gasteiger partial charge on any atom is 0.309 e. The zero-order valence-corrected chi connectivity index (χ0v) is 10.8. The average Bonchev–Trinajstić information content (AvgIpc) is 2.39. The van der Waals surface area contributed by atoms with Crippen molar-refractivity contribution in [2.45, 2.75) is 19.8 Å². The van der Waals surface area contributed by atoms with Crippen molar-refractivity contribution < 1.29 is 18.3 Å². The van der Waals surface area contributed by atoms with E-state index in [1.165, 1.54) is 0 Å². The molecule has 0 bridgehead atoms. The first-order valence-electron chi connectivity index (χ1n) is 6.40. The summed E-state index contributed by atoms with van der Waals surface area (Å²) < 4.78 is 32.2. The maximum atomic E-state index is 13.6. The molecule has 103 valence electrons. The van der Waals surface area contributed by atoms with Gasteiger partial charge in [0, 0.05) is 13.1 Å². The van der Waals surface area contributed by atoms with Gasteiger partial charge < -0.3 is 9.64 Å². The van der Waals surface area contributed by atoms with Gasteiger partial charge >= 0.3 is 5.97 Å². The summed E-state index contributed by atoms with van der Waals surface area (Å²) >= 11 is 0. The van der Waals surface area contributed by atoms with Gasteiger partial charge in [0.2, 0.25) is 0 Å². The molecule has 0 atom stereocenters. The summed E-state index contributed by atoms with van der Waals surface area (Å²) in [5.74, 6) is -1.62. The third-order valence-corrected chi connectivity index (χ3v) is 3.30. The lowest BCUT2D eigenvalue weighted by Gasteiger charge is -2.32. The molecule has 19 heavy (non-hydrogen) atoms. The number of ether oxygens (including phenoxy) is 1. The molecule has 0 N–H and O–H groups in total. The van der Waals surface area contributed by atoms with Gasteiger partial charge in [0.15, 0.2) is 0 Å². The molecule has 1 radical (unpaired) electrons. The summed E-state index contributed by atoms with van der Waals surface area (Å²) in [6.07, 6.45) is 1.10. The molecule has 0 amide bonds. The molecule has 0 aliphatic carbocycles. The highest BCUT2D eigenvalue weighted by Crippen LogP contribution is 2.28. The maximum absolute atomic E-state index is 13.6. The molecule has 1 fully saturated rings. The number of carbonyl (C=O) groups excluding carboxylic acids is 1. The number of benzene rings is 1. The minimum atomic E-state index is -0.616. The number of halogens is 2. The molecular formula is C14H16F2NO2. The molecule has 5 heteroatoms. The van der Waals surface area contributed by atoms with Crippen LogP contribution in [0.5, 0.6) is 0 Å². The van der Waals surface area contributed by atoms with E-state index in [2.05, 4.69) is 6.07 Å². The van der Waals surface area contributed by atoms with E-state index in [4.69, 9.17) is 4.74 Å². The van der Waals surface area contributed by atoms with Crippen LogP contribution in [0, 0.1) is 23.6 Å². The van der Waals surface area contributed by atoms with Crippen LogP contribution >= 0.6 is 0 Å². The van der Waals surface area contributed by atoms with Crippen LogP contribution in [-0.2, 0) is 9.53 Å². The lowest BCUT2D eigenvalue weighted by atomic mass is 9.96. The molecule has 1 aromatic rings. The van der Waals surface area contributed by atoms with Crippen molar-refractivity contribution >= 4 is 11.7 Å². The first-order valence-corrected chi connectivity index (χ1v) is 6.40. The Labute approximate surface area is 111 Å². The molecule has 1 heterocycles. The van der Waals surface area contributed by atoms with Gasteiger partial charge in [-0.1, -0.05) is 0 Å². The second-order valence-corrected chi connectivity index (χ2v) is 4.51. The van der Waals surface area contributed by atoms with E-state index in [1.54, 1.807) is 11.8 Å². The molecular weight excluding hydrogens is 252 g/mol. The molecule has 0 unspecified atom stereocenters. The van der Waals surface area contributed by atoms with Crippen LogP contribution in [0.3, 0.4) is 0 Å². The fourth-order valence-electron chi connectivity index (χ4n) is 2.34. The fourth-order valence-corrected chi connectivity index (χ4v) is 2.34. The first kappa shape index (κ1) is 13.8. The molecule has 1 aliphatic rings. The summed E-state index contributed by atoms with van der Waals surface area (Å²) in [5.41, 5.74) is -0.0268. The highest BCUT2D eigenvalue weighted by molar-refractivity contribution is 5.72. The van der Waals surface area contributed by atoms with Crippen LogP contribution in [0.25, 0.3) is 0 Å². The van der Waals surface area contributed by atoms with E-state index in [0.29, 0.717) is 32.5 Å². The zero-order valence-electron chi connectivity index (χ0n) is 10.8. The van der Waals surface area contributed by atoms with Crippen molar-refractivity contribution in [3.8, 4) is 0 Å². The van der Waals surface area contributed by atoms with Crippen LogP contribution in [0.2, 0.25) is 0 Å². The number of carbonyl (C=O) groups is 1. The highest BCUT2D eigenvalue weighted by atomic mass is 19.1. The summed E-state index contributed by atoms with van der Waals surface area (Å²) in [6, 6.07) is 4.64. The van der Waals surface area contributed by atoms with Gasteiger partial charge in [0.25, 0.3) is 0 Å². The van der Waals surface area contributed by atoms with Gasteiger partial charge in [-0.3, -0.25) is 4.79 Å². The molecule has 1 aromatic carbocycles. The van der Waals surface area contributed by atoms with Gasteiger partial charge in [-0.25, -0.2) is 8.78 Å². The first-order chi connectivity index (χ1) is 9.13. The Morgan fingerprint density at radius 2 is 1.95 bits per heavy atom. The smallest absolute Gasteiger partial charge is 0.309 e. The summed E-state index contributed by atoms with van der Waals surface area (Å²) in [4.78, 5) is 13.2. The average molecular weight is 268 g/mol. The van der Waals surface area contributed by atoms with E-state index in [9.17, 15) is 13.6 Å². The lowest BCUT2D eigenvalue weighted by Crippen LogP contribution is -2.37. The van der Waals surface area contributed by atoms with Gasteiger partial charge in [-0.15, -0.1) is 0 Å². The largest absolute Gasteiger partial charge is 0.466 e. The topological polar surface area (TPSA) is 29.5 Å². The van der Waals surface area contributed by atoms with Crippen molar-refractivity contribution in [1.29, 1.82) is 0 Å². The summed E-state index contributed by atoms with van der Waals surface area (Å²) in [7, 11) is 0. The molecule has 1 aliphatic heterocycles. The van der Waals surface area contributed by atoms with Crippen molar-refractivity contribution in [2.24, 2.45) is 5.92 Å². The number of piperidine rings is 1. The Bertz CT molecular complexity index is 437. The van der Waals surface area contributed by atoms with Crippen LogP contribution in [0.1, 0.15) is 19.8 Å². The van der Waals surface area contributed by atoms with E-state index >= 15 is 0 Å². The predicted molar refractivity (Wildman–Crippen MR) is 66.8 cm³/mol. The standard InChI is InChI=1S/C14H16F2NO2/c1-2-19-14(18)10-6-8-17(9-7-10)13-11(15)4-3-5-12(13)16/h4-5,10H,2,6-9H2,1H3. The van der Waals surface area contributed by atoms with Crippen LogP contribution in [0.15, 0.2) is 12.1 Å². The van der Waals surface area contributed by atoms with Crippen LogP contribution in [-0.4, -0.2) is 25.7 Å². The summed E-state index contributed by atoms with van der Waals surface area (Å²) in [5, 5.41) is 0. The van der Waals surface area contributed by atoms with Gasteiger partial charge in [-0.2, -0.15) is 0 Å². The zero-order chi connectivity index (χ0) is 13.8. The highest BCUT2D eigenvalue weighted by Gasteiger charge is 2.28. The number of hydrogen-bond donors (Lipinski definition) is 0. The molecule has 2 rings (SSSR count). The van der Waals surface area contributed by atoms with E-state index in [1.807, 2.05) is 0 Å². The predicted octanol–water partition coefficient (Wildman–Crippen LogP) is 2.54. The third kappa shape index (κ3) is 3.03. The molecule has 3 nitrogen and oxygen atoms in total. The molecule has 1 saturated heterocycles. The van der Waals surface area contributed by atoms with E-state index in [0.717, 1.165) is 12.1 Å². The Hall–Kier alpha value is -1.65. The number of esters is 1. The van der Waals surface area contributed by atoms with Crippen LogP contribution < -0.4 is 4.90 Å². The number of nitrogens with zero attached hydrogens (tertiary/aromatic N) is 1. The Morgan fingerprint density at radius 3 is 2.47 bits per heavy atom. The number of rotatable bonds is 3. The van der Waals surface area contributed by atoms with Gasteiger partial charge in [0.1, 0.15) is 17.3 Å². The second kappa shape index (κ2) is 5.99. The third-order valence-electron chi connectivity index (χ3n) is 3.30. The van der Waals surface area contributed by atoms with E-state index < -0.39 is 11.6 Å². The Kier molecular flexibility index (Phi) is 4.35. The quantitative estimate of drug-likeness (QED) is 0.789. The molecule has 0 aromatic heterocycles. The van der Waals surface area contributed by atoms with E-state index in [-0.39, 0.29) is 17.6 Å². The monoisotopic (exact) mass is 268 g/mol. The lowest BCUT2D eigenvalue weighted by molar-refractivity contribution is -0.148. The Balaban J connectivity index is 2.02. The Morgan fingerprint density at radius 1 is 1.37 bits per heavy atom. The van der Waals surface area contributed by atoms with Crippen molar-refractivity contribution in [3.63, 3.8) is 0 Å². The minimum absolute atomic E-state index is 0.0268. The van der Waals surface area contributed by atoms with Crippen molar-refractivity contribution in [2.75, 3.05) is 24.6 Å². The SMILES string of the molecule is CCOC(=O)C1CCN(c2c(F)c[c]cc2F)CC1. The van der Waals surface area contributed by atoms with Gasteiger partial charge in [-0.05, 0) is 38.0 Å². The molecule has 0 saturated carbocycles. The minimum Gasteiger partial charge on any atom is -0.466 e. The van der Waals surface area contributed by atoms with Crippen LogP contribution in [0.4, 0.5) is 14.5 Å². The molecule has 0 spiro atoms. The van der Waals surface area contributed by atoms with Gasteiger partial charge in [0.05, 0.1) is 12.5 Å². The number of hydrogen-bond acceptors (Lipinski definition) is 3. The van der Waals surface area contributed by atoms with Crippen molar-refractivity contribution in [1.82, 2.24) is 0 Å². The fraction of sp³-hybridized carbons (Fsp3) is 0.500. The number of anilines is 1. The van der Waals surface area contributed by atoms with Crippen molar-refractivity contribution in [3.05, 3.63) is 29.8 Å². The summed E-state index contributed by atoms with van der Waals surface area (Å²) in [6.45, 7) is 3.01. The second-order valence-electron chi connectivity index (χ2n) is 4.51.